The van der Waals surface area contributed by atoms with E-state index in [-0.39, 0.29) is 43.6 Å². The second-order valence-electron chi connectivity index (χ2n) is 10.1. The minimum Gasteiger partial charge on any atom is -0.354 e. The summed E-state index contributed by atoms with van der Waals surface area (Å²) in [4.78, 5) is 28.4. The van der Waals surface area contributed by atoms with Gasteiger partial charge >= 0.3 is 6.18 Å². The zero-order valence-corrected chi connectivity index (χ0v) is 24.8. The minimum absolute atomic E-state index is 0.0649. The van der Waals surface area contributed by atoms with Crippen molar-refractivity contribution in [1.82, 2.24) is 10.2 Å². The molecule has 0 saturated heterocycles. The van der Waals surface area contributed by atoms with Crippen LogP contribution in [-0.4, -0.2) is 50.5 Å². The molecular formula is C31H35F4N3O4S. The van der Waals surface area contributed by atoms with Gasteiger partial charge in [0.15, 0.2) is 0 Å². The third-order valence-electron chi connectivity index (χ3n) is 6.73. The molecule has 2 amide bonds. The Kier molecular flexibility index (Phi) is 11.7. The standard InChI is InChI=1S/C31H35F4N3O4S/c1-3-18-36-30(40)28(20-23-11-5-4-6-12-23)37(22-24-13-7-8-16-27(24)32)29(39)17-10-19-38(43(2,41)42)26-15-9-14-25(21-26)31(33,34)35/h4-9,11-16,21,28H,3,10,17-20,22H2,1-2H3,(H,36,40). The van der Waals surface area contributed by atoms with E-state index in [0.29, 0.717) is 13.0 Å². The maximum atomic E-state index is 14.7. The van der Waals surface area contributed by atoms with Gasteiger partial charge in [0, 0.05) is 38.0 Å². The first kappa shape index (κ1) is 33.6. The highest BCUT2D eigenvalue weighted by atomic mass is 32.2. The van der Waals surface area contributed by atoms with Crippen molar-refractivity contribution in [3.05, 3.63) is 101 Å². The summed E-state index contributed by atoms with van der Waals surface area (Å²) in [7, 11) is -4.01. The first-order chi connectivity index (χ1) is 20.3. The van der Waals surface area contributed by atoms with Crippen molar-refractivity contribution < 1.29 is 35.6 Å². The highest BCUT2D eigenvalue weighted by Gasteiger charge is 2.33. The van der Waals surface area contributed by atoms with E-state index in [1.165, 1.54) is 29.2 Å². The van der Waals surface area contributed by atoms with Crippen LogP contribution in [0.1, 0.15) is 42.9 Å². The minimum atomic E-state index is -4.67. The van der Waals surface area contributed by atoms with Crippen molar-refractivity contribution in [2.75, 3.05) is 23.7 Å². The van der Waals surface area contributed by atoms with Gasteiger partial charge in [0.1, 0.15) is 11.9 Å². The molecule has 43 heavy (non-hydrogen) atoms. The molecule has 12 heteroatoms. The lowest BCUT2D eigenvalue weighted by Crippen LogP contribution is -2.50. The Balaban J connectivity index is 1.89. The molecule has 232 valence electrons. The SMILES string of the molecule is CCCNC(=O)C(Cc1ccccc1)N(Cc1ccccc1F)C(=O)CCCN(c1cccc(C(F)(F)F)c1)S(C)(=O)=O. The summed E-state index contributed by atoms with van der Waals surface area (Å²) >= 11 is 0. The quantitative estimate of drug-likeness (QED) is 0.239. The van der Waals surface area contributed by atoms with Crippen molar-refractivity contribution >= 4 is 27.5 Å². The van der Waals surface area contributed by atoms with Gasteiger partial charge in [-0.1, -0.05) is 61.5 Å². The number of anilines is 1. The number of hydrogen-bond donors (Lipinski definition) is 1. The summed E-state index contributed by atoms with van der Waals surface area (Å²) in [5.41, 5.74) is -0.223. The van der Waals surface area contributed by atoms with Gasteiger partial charge in [0.05, 0.1) is 17.5 Å². The van der Waals surface area contributed by atoms with Crippen LogP contribution in [-0.2, 0) is 38.8 Å². The van der Waals surface area contributed by atoms with Gasteiger partial charge in [-0.05, 0) is 42.7 Å². The molecule has 3 aromatic carbocycles. The monoisotopic (exact) mass is 621 g/mol. The molecule has 1 atom stereocenters. The number of nitrogens with zero attached hydrogens (tertiary/aromatic N) is 2. The van der Waals surface area contributed by atoms with E-state index in [1.54, 1.807) is 18.2 Å². The van der Waals surface area contributed by atoms with E-state index in [0.717, 1.165) is 34.3 Å². The molecule has 3 rings (SSSR count). The predicted octanol–water partition coefficient (Wildman–Crippen LogP) is 5.56. The van der Waals surface area contributed by atoms with E-state index in [9.17, 15) is 35.6 Å². The third kappa shape index (κ3) is 9.81. The molecule has 7 nitrogen and oxygen atoms in total. The summed E-state index contributed by atoms with van der Waals surface area (Å²) in [5, 5.41) is 2.82. The normalized spacial score (nSPS) is 12.4. The fourth-order valence-electron chi connectivity index (χ4n) is 4.57. The van der Waals surface area contributed by atoms with E-state index in [1.807, 2.05) is 25.1 Å². The number of amides is 2. The molecule has 0 aliphatic carbocycles. The Morgan fingerprint density at radius 1 is 0.953 bits per heavy atom. The Hall–Kier alpha value is -3.93. The molecule has 0 fully saturated rings. The van der Waals surface area contributed by atoms with Gasteiger partial charge in [-0.25, -0.2) is 12.8 Å². The largest absolute Gasteiger partial charge is 0.416 e. The van der Waals surface area contributed by atoms with Gasteiger partial charge in [-0.2, -0.15) is 13.2 Å². The lowest BCUT2D eigenvalue weighted by Gasteiger charge is -2.32. The van der Waals surface area contributed by atoms with Crippen molar-refractivity contribution in [3.8, 4) is 0 Å². The molecule has 0 saturated carbocycles. The molecular weight excluding hydrogens is 586 g/mol. The van der Waals surface area contributed by atoms with Crippen molar-refractivity contribution in [2.45, 2.75) is 51.4 Å². The number of alkyl halides is 3. The zero-order valence-electron chi connectivity index (χ0n) is 24.0. The maximum Gasteiger partial charge on any atom is 0.416 e. The van der Waals surface area contributed by atoms with Crippen molar-refractivity contribution in [1.29, 1.82) is 0 Å². The number of halogens is 4. The van der Waals surface area contributed by atoms with Gasteiger partial charge in [0.25, 0.3) is 0 Å². The van der Waals surface area contributed by atoms with Gasteiger partial charge in [0.2, 0.25) is 21.8 Å². The second kappa shape index (κ2) is 15.0. The Morgan fingerprint density at radius 3 is 2.26 bits per heavy atom. The van der Waals surface area contributed by atoms with Crippen LogP contribution in [0.4, 0.5) is 23.2 Å². The van der Waals surface area contributed by atoms with Gasteiger partial charge in [-0.3, -0.25) is 13.9 Å². The Morgan fingerprint density at radius 2 is 1.63 bits per heavy atom. The Bertz CT molecular complexity index is 1480. The topological polar surface area (TPSA) is 86.8 Å². The number of nitrogens with one attached hydrogen (secondary N) is 1. The van der Waals surface area contributed by atoms with Gasteiger partial charge < -0.3 is 10.2 Å². The van der Waals surface area contributed by atoms with Crippen LogP contribution in [0.3, 0.4) is 0 Å². The van der Waals surface area contributed by atoms with E-state index < -0.39 is 45.4 Å². The molecule has 1 N–H and O–H groups in total. The second-order valence-corrected chi connectivity index (χ2v) is 12.0. The average molecular weight is 622 g/mol. The van der Waals surface area contributed by atoms with Crippen LogP contribution in [0.15, 0.2) is 78.9 Å². The first-order valence-corrected chi connectivity index (χ1v) is 15.7. The summed E-state index contributed by atoms with van der Waals surface area (Å²) in [6.45, 7) is 1.75. The first-order valence-electron chi connectivity index (χ1n) is 13.8. The number of carbonyl (C=O) groups is 2. The molecule has 0 bridgehead atoms. The maximum absolute atomic E-state index is 14.7. The number of rotatable bonds is 14. The molecule has 0 heterocycles. The molecule has 3 aromatic rings. The van der Waals surface area contributed by atoms with E-state index in [4.69, 9.17) is 0 Å². The van der Waals surface area contributed by atoms with Gasteiger partial charge in [-0.15, -0.1) is 0 Å². The van der Waals surface area contributed by atoms with Crippen LogP contribution in [0.5, 0.6) is 0 Å². The smallest absolute Gasteiger partial charge is 0.354 e. The van der Waals surface area contributed by atoms with Crippen LogP contribution in [0.2, 0.25) is 0 Å². The summed E-state index contributed by atoms with van der Waals surface area (Å²) in [6, 6.07) is 17.8. The fourth-order valence-corrected chi connectivity index (χ4v) is 5.53. The zero-order chi connectivity index (χ0) is 31.6. The van der Waals surface area contributed by atoms with Crippen LogP contribution in [0.25, 0.3) is 0 Å². The fraction of sp³-hybridized carbons (Fsp3) is 0.355. The number of benzene rings is 3. The average Bonchev–Trinajstić information content (AvgIpc) is 2.96. The summed E-state index contributed by atoms with van der Waals surface area (Å²) in [5.74, 6) is -1.51. The molecule has 0 aliphatic rings. The summed E-state index contributed by atoms with van der Waals surface area (Å²) in [6.07, 6.45) is -3.31. The molecule has 0 spiro atoms. The van der Waals surface area contributed by atoms with Crippen molar-refractivity contribution in [2.24, 2.45) is 0 Å². The molecule has 0 aromatic heterocycles. The van der Waals surface area contributed by atoms with E-state index in [2.05, 4.69) is 5.32 Å². The molecule has 0 radical (unpaired) electrons. The lowest BCUT2D eigenvalue weighted by molar-refractivity contribution is -0.141. The molecule has 0 aliphatic heterocycles. The Labute approximate surface area is 249 Å². The van der Waals surface area contributed by atoms with Crippen LogP contribution >= 0.6 is 0 Å². The molecule has 1 unspecified atom stereocenters. The van der Waals surface area contributed by atoms with E-state index >= 15 is 0 Å². The van der Waals surface area contributed by atoms with Crippen LogP contribution < -0.4 is 9.62 Å². The van der Waals surface area contributed by atoms with Crippen molar-refractivity contribution in [3.63, 3.8) is 0 Å². The highest BCUT2D eigenvalue weighted by Crippen LogP contribution is 2.32. The lowest BCUT2D eigenvalue weighted by atomic mass is 10.0. The number of sulfonamides is 1. The number of carbonyl (C=O) groups excluding carboxylic acids is 2. The number of hydrogen-bond acceptors (Lipinski definition) is 4. The van der Waals surface area contributed by atoms with Crippen LogP contribution in [0, 0.1) is 5.82 Å². The predicted molar refractivity (Wildman–Crippen MR) is 157 cm³/mol. The summed E-state index contributed by atoms with van der Waals surface area (Å²) < 4.78 is 80.4. The highest BCUT2D eigenvalue weighted by molar-refractivity contribution is 7.92. The third-order valence-corrected chi connectivity index (χ3v) is 7.93.